The second-order valence-corrected chi connectivity index (χ2v) is 12.4. The lowest BCUT2D eigenvalue weighted by molar-refractivity contribution is 0.0601. The standard InChI is InChI=1S/C33H34ClFN6O3S/c1-3-40-21-36-17-25(40)18-41-29-15-22(33(42)43-2)7-9-28(29)38-31(41)19-39-13-11-26(12-14-39)44-32-6-4-5-24(37-32)20-45-30-10-8-23(34)16-27(30)35/h4-10,15-17,21,26H,3,11-14,18-20H2,1-2H3. The van der Waals surface area contributed by atoms with E-state index in [-0.39, 0.29) is 17.9 Å². The Kier molecular flexibility index (Phi) is 9.67. The summed E-state index contributed by atoms with van der Waals surface area (Å²) in [6.07, 6.45) is 5.47. The molecule has 4 heterocycles. The summed E-state index contributed by atoms with van der Waals surface area (Å²) >= 11 is 7.25. The fourth-order valence-electron chi connectivity index (χ4n) is 5.54. The lowest BCUT2D eigenvalue weighted by Gasteiger charge is -2.31. The second kappa shape index (κ2) is 14.0. The highest BCUT2D eigenvalue weighted by Gasteiger charge is 2.24. The van der Waals surface area contributed by atoms with E-state index < -0.39 is 0 Å². The van der Waals surface area contributed by atoms with Crippen LogP contribution in [0.15, 0.2) is 72.0 Å². The van der Waals surface area contributed by atoms with Gasteiger partial charge in [0.15, 0.2) is 0 Å². The summed E-state index contributed by atoms with van der Waals surface area (Å²) in [5, 5.41) is 0.379. The number of piperidine rings is 1. The first-order valence-electron chi connectivity index (χ1n) is 14.9. The lowest BCUT2D eigenvalue weighted by atomic mass is 10.1. The zero-order chi connectivity index (χ0) is 31.3. The highest BCUT2D eigenvalue weighted by Crippen LogP contribution is 2.28. The number of aromatic nitrogens is 5. The molecule has 0 saturated carbocycles. The number of methoxy groups -OCH3 is 1. The van der Waals surface area contributed by atoms with E-state index in [0.29, 0.717) is 40.2 Å². The zero-order valence-corrected chi connectivity index (χ0v) is 26.7. The minimum atomic E-state index is -0.374. The molecule has 3 aromatic heterocycles. The van der Waals surface area contributed by atoms with Crippen molar-refractivity contribution in [2.45, 2.75) is 56.2 Å². The Hall–Kier alpha value is -3.93. The van der Waals surface area contributed by atoms with Crippen LogP contribution in [0.1, 0.15) is 47.3 Å². The average Bonchev–Trinajstić information content (AvgIpc) is 3.65. The fraction of sp³-hybridized carbons (Fsp3) is 0.333. The summed E-state index contributed by atoms with van der Waals surface area (Å²) in [7, 11) is 1.39. The maximum Gasteiger partial charge on any atom is 0.337 e. The van der Waals surface area contributed by atoms with Crippen LogP contribution in [-0.4, -0.2) is 61.3 Å². The molecule has 0 N–H and O–H groups in total. The van der Waals surface area contributed by atoms with Crippen LogP contribution in [0.3, 0.4) is 0 Å². The van der Waals surface area contributed by atoms with Gasteiger partial charge >= 0.3 is 5.97 Å². The van der Waals surface area contributed by atoms with Crippen molar-refractivity contribution < 1.29 is 18.7 Å². The van der Waals surface area contributed by atoms with E-state index in [9.17, 15) is 9.18 Å². The van der Waals surface area contributed by atoms with Crippen molar-refractivity contribution in [2.24, 2.45) is 0 Å². The molecule has 5 aromatic rings. The molecule has 0 spiro atoms. The Bertz CT molecular complexity index is 1800. The molecular weight excluding hydrogens is 615 g/mol. The number of rotatable bonds is 11. The van der Waals surface area contributed by atoms with Gasteiger partial charge in [-0.1, -0.05) is 17.7 Å². The van der Waals surface area contributed by atoms with Crippen LogP contribution in [0, 0.1) is 5.82 Å². The van der Waals surface area contributed by atoms with Gasteiger partial charge in [0.2, 0.25) is 5.88 Å². The first-order chi connectivity index (χ1) is 21.9. The Morgan fingerprint density at radius 1 is 1.09 bits per heavy atom. The number of aryl methyl sites for hydroxylation is 1. The summed E-state index contributed by atoms with van der Waals surface area (Å²) < 4.78 is 29.7. The molecule has 12 heteroatoms. The minimum Gasteiger partial charge on any atom is -0.474 e. The molecule has 1 fully saturated rings. The van der Waals surface area contributed by atoms with Gasteiger partial charge in [-0.2, -0.15) is 0 Å². The van der Waals surface area contributed by atoms with Crippen molar-refractivity contribution in [2.75, 3.05) is 20.2 Å². The Balaban J connectivity index is 1.11. The van der Waals surface area contributed by atoms with E-state index in [0.717, 1.165) is 60.7 Å². The molecule has 0 amide bonds. The highest BCUT2D eigenvalue weighted by atomic mass is 35.5. The molecule has 6 rings (SSSR count). The Labute approximate surface area is 270 Å². The number of hydrogen-bond donors (Lipinski definition) is 0. The van der Waals surface area contributed by atoms with Gasteiger partial charge in [-0.3, -0.25) is 4.90 Å². The predicted molar refractivity (Wildman–Crippen MR) is 172 cm³/mol. The van der Waals surface area contributed by atoms with Gasteiger partial charge in [-0.05, 0) is 62.2 Å². The summed E-state index contributed by atoms with van der Waals surface area (Å²) in [6, 6.07) is 15.9. The number of pyridine rings is 1. The number of fused-ring (bicyclic) bond motifs is 1. The number of likely N-dealkylation sites (tertiary alicyclic amines) is 1. The molecule has 0 unspecified atom stereocenters. The summed E-state index contributed by atoms with van der Waals surface area (Å²) in [5.74, 6) is 1.33. The molecule has 45 heavy (non-hydrogen) atoms. The number of esters is 1. The van der Waals surface area contributed by atoms with Crippen LogP contribution < -0.4 is 4.74 Å². The number of hydrogen-bond acceptors (Lipinski definition) is 8. The van der Waals surface area contributed by atoms with E-state index in [1.54, 1.807) is 18.2 Å². The summed E-state index contributed by atoms with van der Waals surface area (Å²) in [4.78, 5) is 29.2. The number of carbonyl (C=O) groups is 1. The van der Waals surface area contributed by atoms with Crippen molar-refractivity contribution in [3.05, 3.63) is 101 Å². The maximum absolute atomic E-state index is 14.2. The van der Waals surface area contributed by atoms with E-state index in [1.165, 1.54) is 24.9 Å². The smallest absolute Gasteiger partial charge is 0.337 e. The fourth-order valence-corrected chi connectivity index (χ4v) is 6.53. The number of ether oxygens (including phenoxy) is 2. The van der Waals surface area contributed by atoms with Crippen LogP contribution in [0.2, 0.25) is 5.02 Å². The lowest BCUT2D eigenvalue weighted by Crippen LogP contribution is -2.38. The number of benzene rings is 2. The topological polar surface area (TPSA) is 87.3 Å². The quantitative estimate of drug-likeness (QED) is 0.117. The molecule has 0 aliphatic carbocycles. The zero-order valence-electron chi connectivity index (χ0n) is 25.2. The number of carbonyl (C=O) groups excluding carboxylic acids is 1. The molecule has 1 saturated heterocycles. The molecule has 9 nitrogen and oxygen atoms in total. The normalized spacial score (nSPS) is 14.2. The van der Waals surface area contributed by atoms with Gasteiger partial charge in [0.05, 0.1) is 54.5 Å². The maximum atomic E-state index is 14.2. The highest BCUT2D eigenvalue weighted by molar-refractivity contribution is 7.98. The van der Waals surface area contributed by atoms with Crippen molar-refractivity contribution in [3.8, 4) is 5.88 Å². The SMILES string of the molecule is CCn1cncc1Cn1c(CN2CCC(Oc3cccc(CSc4ccc(Cl)cc4F)n3)CC2)nc2ccc(C(=O)OC)cc21. The van der Waals surface area contributed by atoms with Gasteiger partial charge in [0.1, 0.15) is 17.7 Å². The third-order valence-electron chi connectivity index (χ3n) is 7.95. The van der Waals surface area contributed by atoms with Crippen LogP contribution in [-0.2, 0) is 30.1 Å². The molecule has 0 atom stereocenters. The van der Waals surface area contributed by atoms with Crippen molar-refractivity contribution in [3.63, 3.8) is 0 Å². The largest absolute Gasteiger partial charge is 0.474 e. The van der Waals surface area contributed by atoms with Gasteiger partial charge in [-0.25, -0.2) is 24.1 Å². The summed E-state index contributed by atoms with van der Waals surface area (Å²) in [5.41, 5.74) is 4.11. The van der Waals surface area contributed by atoms with Crippen molar-refractivity contribution in [1.82, 2.24) is 29.0 Å². The predicted octanol–water partition coefficient (Wildman–Crippen LogP) is 6.61. The molecule has 0 bridgehead atoms. The van der Waals surface area contributed by atoms with E-state index in [4.69, 9.17) is 26.1 Å². The van der Waals surface area contributed by atoms with E-state index in [2.05, 4.69) is 30.9 Å². The molecule has 1 aliphatic rings. The number of nitrogens with zero attached hydrogens (tertiary/aromatic N) is 6. The molecule has 234 valence electrons. The van der Waals surface area contributed by atoms with Gasteiger partial charge in [-0.15, -0.1) is 11.8 Å². The van der Waals surface area contributed by atoms with Crippen molar-refractivity contribution in [1.29, 1.82) is 0 Å². The van der Waals surface area contributed by atoms with Gasteiger partial charge < -0.3 is 18.6 Å². The number of halogens is 2. The van der Waals surface area contributed by atoms with E-state index >= 15 is 0 Å². The molecule has 0 radical (unpaired) electrons. The van der Waals surface area contributed by atoms with E-state index in [1.807, 2.05) is 42.9 Å². The third kappa shape index (κ3) is 7.32. The van der Waals surface area contributed by atoms with Crippen LogP contribution in [0.4, 0.5) is 4.39 Å². The molecule has 2 aromatic carbocycles. The van der Waals surface area contributed by atoms with Crippen molar-refractivity contribution >= 4 is 40.4 Å². The number of thioether (sulfide) groups is 1. The third-order valence-corrected chi connectivity index (χ3v) is 9.26. The van der Waals surface area contributed by atoms with Crippen LogP contribution >= 0.6 is 23.4 Å². The first-order valence-corrected chi connectivity index (χ1v) is 16.3. The van der Waals surface area contributed by atoms with Crippen LogP contribution in [0.25, 0.3) is 11.0 Å². The Morgan fingerprint density at radius 2 is 1.93 bits per heavy atom. The average molecular weight is 649 g/mol. The Morgan fingerprint density at radius 3 is 2.71 bits per heavy atom. The first kappa shape index (κ1) is 31.1. The molecule has 1 aliphatic heterocycles. The second-order valence-electron chi connectivity index (χ2n) is 10.9. The van der Waals surface area contributed by atoms with Gasteiger partial charge in [0, 0.05) is 47.6 Å². The van der Waals surface area contributed by atoms with Gasteiger partial charge in [0.25, 0.3) is 0 Å². The number of imidazole rings is 2. The molecular formula is C33H34ClFN6O3S. The van der Waals surface area contributed by atoms with Crippen LogP contribution in [0.5, 0.6) is 5.88 Å². The monoisotopic (exact) mass is 648 g/mol. The summed E-state index contributed by atoms with van der Waals surface area (Å²) in [6.45, 7) is 5.86. The minimum absolute atomic E-state index is 0.0469.